The maximum Gasteiger partial charge on any atom is 0.269 e. The van der Waals surface area contributed by atoms with Crippen LogP contribution in [0.1, 0.15) is 5.56 Å². The van der Waals surface area contributed by atoms with E-state index in [2.05, 4.69) is 4.98 Å². The number of hydrogen-bond donors (Lipinski definition) is 0. The van der Waals surface area contributed by atoms with Crippen molar-refractivity contribution in [1.29, 1.82) is 0 Å². The molecule has 164 valence electrons. The van der Waals surface area contributed by atoms with Gasteiger partial charge in [0.15, 0.2) is 5.13 Å². The number of carbonyl (C=O) groups is 1. The summed E-state index contributed by atoms with van der Waals surface area (Å²) in [6.07, 6.45) is 3.11. The predicted octanol–water partition coefficient (Wildman–Crippen LogP) is 4.24. The number of methoxy groups -OCH3 is 1. The summed E-state index contributed by atoms with van der Waals surface area (Å²) in [6.45, 7) is 1.16. The molecule has 2 aromatic carbocycles. The number of ether oxygens (including phenoxy) is 1. The summed E-state index contributed by atoms with van der Waals surface area (Å²) >= 11 is 1.44. The predicted molar refractivity (Wildman–Crippen MR) is 126 cm³/mol. The number of aromatic nitrogens is 1. The van der Waals surface area contributed by atoms with Gasteiger partial charge in [-0.05, 0) is 50.0 Å². The average molecular weight is 463 g/mol. The average Bonchev–Trinajstić information content (AvgIpc) is 3.15. The van der Waals surface area contributed by atoms with Crippen LogP contribution in [0.5, 0.6) is 5.75 Å². The third-order valence-corrected chi connectivity index (χ3v) is 5.43. The fourth-order valence-electron chi connectivity index (χ4n) is 2.70. The second-order valence-electron chi connectivity index (χ2n) is 6.81. The molecule has 1 aromatic heterocycles. The highest BCUT2D eigenvalue weighted by Crippen LogP contribution is 2.31. The molecule has 0 aliphatic heterocycles. The molecule has 0 saturated heterocycles. The van der Waals surface area contributed by atoms with Crippen molar-refractivity contribution in [2.24, 2.45) is 0 Å². The van der Waals surface area contributed by atoms with Gasteiger partial charge in [-0.1, -0.05) is 11.3 Å². The largest absolute Gasteiger partial charge is 0.497 e. The number of thiazole rings is 1. The molecule has 1 heterocycles. The van der Waals surface area contributed by atoms with Gasteiger partial charge in [-0.15, -0.1) is 12.4 Å². The second kappa shape index (κ2) is 10.9. The number of hydrogen-bond acceptors (Lipinski definition) is 7. The molecule has 0 bridgehead atoms. The van der Waals surface area contributed by atoms with Gasteiger partial charge in [0, 0.05) is 37.4 Å². The third kappa shape index (κ3) is 6.24. The zero-order valence-electron chi connectivity index (χ0n) is 17.3. The minimum Gasteiger partial charge on any atom is -0.497 e. The highest BCUT2D eigenvalue weighted by Gasteiger charge is 2.18. The summed E-state index contributed by atoms with van der Waals surface area (Å²) in [5, 5.41) is 11.4. The minimum atomic E-state index is -0.455. The van der Waals surface area contributed by atoms with E-state index in [0.717, 1.165) is 10.2 Å². The first-order valence-electron chi connectivity index (χ1n) is 9.20. The molecule has 0 saturated carbocycles. The van der Waals surface area contributed by atoms with Crippen molar-refractivity contribution < 1.29 is 14.5 Å². The number of rotatable bonds is 8. The number of nitro benzene ring substituents is 1. The van der Waals surface area contributed by atoms with Gasteiger partial charge in [-0.25, -0.2) is 4.98 Å². The number of halogens is 1. The topological polar surface area (TPSA) is 88.8 Å². The molecular formula is C21H23ClN4O4S. The van der Waals surface area contributed by atoms with Crippen molar-refractivity contribution in [3.8, 4) is 5.75 Å². The number of fused-ring (bicyclic) bond motifs is 1. The van der Waals surface area contributed by atoms with Crippen molar-refractivity contribution in [2.45, 2.75) is 0 Å². The molecule has 1 amide bonds. The van der Waals surface area contributed by atoms with Crippen LogP contribution in [0.25, 0.3) is 16.3 Å². The van der Waals surface area contributed by atoms with Crippen LogP contribution in [0, 0.1) is 10.1 Å². The van der Waals surface area contributed by atoms with Crippen LogP contribution in [0.3, 0.4) is 0 Å². The number of carbonyl (C=O) groups excluding carboxylic acids is 1. The zero-order chi connectivity index (χ0) is 21.7. The van der Waals surface area contributed by atoms with E-state index in [4.69, 9.17) is 4.74 Å². The van der Waals surface area contributed by atoms with Crippen LogP contribution in [-0.4, -0.2) is 55.0 Å². The van der Waals surface area contributed by atoms with Crippen LogP contribution in [0.2, 0.25) is 0 Å². The van der Waals surface area contributed by atoms with E-state index in [1.807, 2.05) is 37.2 Å². The second-order valence-corrected chi connectivity index (χ2v) is 7.81. The van der Waals surface area contributed by atoms with E-state index in [0.29, 0.717) is 29.5 Å². The van der Waals surface area contributed by atoms with Crippen LogP contribution < -0.4 is 9.64 Å². The third-order valence-electron chi connectivity index (χ3n) is 4.37. The lowest BCUT2D eigenvalue weighted by Crippen LogP contribution is -2.35. The Kier molecular flexibility index (Phi) is 8.49. The van der Waals surface area contributed by atoms with Gasteiger partial charge in [0.2, 0.25) is 0 Å². The first-order chi connectivity index (χ1) is 14.4. The van der Waals surface area contributed by atoms with Gasteiger partial charge in [0.25, 0.3) is 11.6 Å². The van der Waals surface area contributed by atoms with Crippen LogP contribution >= 0.6 is 23.7 Å². The van der Waals surface area contributed by atoms with Crippen LogP contribution in [-0.2, 0) is 4.79 Å². The Balaban J connectivity index is 0.00000341. The Morgan fingerprint density at radius 2 is 1.90 bits per heavy atom. The molecule has 0 aliphatic rings. The highest BCUT2D eigenvalue weighted by molar-refractivity contribution is 7.22. The summed E-state index contributed by atoms with van der Waals surface area (Å²) in [4.78, 5) is 31.5. The van der Waals surface area contributed by atoms with Crippen molar-refractivity contribution >= 4 is 56.8 Å². The van der Waals surface area contributed by atoms with Gasteiger partial charge in [0.1, 0.15) is 5.75 Å². The van der Waals surface area contributed by atoms with E-state index < -0.39 is 4.92 Å². The molecular weight excluding hydrogens is 440 g/mol. The normalized spacial score (nSPS) is 11.0. The molecule has 31 heavy (non-hydrogen) atoms. The molecule has 0 N–H and O–H groups in total. The number of nitro groups is 1. The number of likely N-dealkylation sites (N-methyl/N-ethyl adjacent to an activating group) is 1. The van der Waals surface area contributed by atoms with Crippen molar-refractivity contribution in [3.05, 3.63) is 64.2 Å². The van der Waals surface area contributed by atoms with Crippen molar-refractivity contribution in [1.82, 2.24) is 9.88 Å². The molecule has 10 heteroatoms. The number of amides is 1. The first-order valence-corrected chi connectivity index (χ1v) is 10.0. The maximum absolute atomic E-state index is 13.0. The summed E-state index contributed by atoms with van der Waals surface area (Å²) in [6, 6.07) is 11.7. The molecule has 0 spiro atoms. The van der Waals surface area contributed by atoms with E-state index >= 15 is 0 Å². The molecule has 8 nitrogen and oxygen atoms in total. The molecule has 0 unspecified atom stereocenters. The molecule has 3 rings (SSSR count). The smallest absolute Gasteiger partial charge is 0.269 e. The van der Waals surface area contributed by atoms with E-state index in [1.54, 1.807) is 30.2 Å². The van der Waals surface area contributed by atoms with Crippen molar-refractivity contribution in [3.63, 3.8) is 0 Å². The fourth-order valence-corrected chi connectivity index (χ4v) is 3.68. The Morgan fingerprint density at radius 1 is 1.19 bits per heavy atom. The van der Waals surface area contributed by atoms with Crippen LogP contribution in [0.15, 0.2) is 48.5 Å². The van der Waals surface area contributed by atoms with E-state index in [9.17, 15) is 14.9 Å². The van der Waals surface area contributed by atoms with Gasteiger partial charge in [0.05, 0.1) is 22.2 Å². The SMILES string of the molecule is COc1ccc2sc(N(CCN(C)C)C(=O)C=Cc3ccc([N+](=O)[O-])cc3)nc2c1.Cl. The minimum absolute atomic E-state index is 0. The summed E-state index contributed by atoms with van der Waals surface area (Å²) in [7, 11) is 5.49. The fraction of sp³-hybridized carbons (Fsp3) is 0.238. The van der Waals surface area contributed by atoms with Gasteiger partial charge < -0.3 is 9.64 Å². The maximum atomic E-state index is 13.0. The summed E-state index contributed by atoms with van der Waals surface area (Å²) in [5.41, 5.74) is 1.49. The van der Waals surface area contributed by atoms with Crippen molar-refractivity contribution in [2.75, 3.05) is 39.2 Å². The van der Waals surface area contributed by atoms with Gasteiger partial charge in [-0.2, -0.15) is 0 Å². The Morgan fingerprint density at radius 3 is 2.52 bits per heavy atom. The zero-order valence-corrected chi connectivity index (χ0v) is 19.0. The quantitative estimate of drug-likeness (QED) is 0.282. The lowest BCUT2D eigenvalue weighted by atomic mass is 10.2. The molecule has 3 aromatic rings. The van der Waals surface area contributed by atoms with E-state index in [-0.39, 0.29) is 24.0 Å². The lowest BCUT2D eigenvalue weighted by molar-refractivity contribution is -0.384. The first kappa shape index (κ1) is 24.3. The number of non-ortho nitro benzene ring substituents is 1. The Hall–Kier alpha value is -3.01. The monoisotopic (exact) mass is 462 g/mol. The lowest BCUT2D eigenvalue weighted by Gasteiger charge is -2.20. The molecule has 0 radical (unpaired) electrons. The Labute approximate surface area is 190 Å². The highest BCUT2D eigenvalue weighted by atomic mass is 35.5. The van der Waals surface area contributed by atoms with Crippen LogP contribution in [0.4, 0.5) is 10.8 Å². The van der Waals surface area contributed by atoms with Gasteiger partial charge in [-0.3, -0.25) is 19.8 Å². The summed E-state index contributed by atoms with van der Waals surface area (Å²) in [5.74, 6) is 0.504. The standard InChI is InChI=1S/C21H22N4O4S.ClH/c1-23(2)12-13-24(21-22-18-14-17(29-3)9-10-19(18)30-21)20(26)11-6-15-4-7-16(8-5-15)25(27)28;/h4-11,14H,12-13H2,1-3H3;1H. The van der Waals surface area contributed by atoms with E-state index in [1.165, 1.54) is 29.5 Å². The number of nitrogens with zero attached hydrogens (tertiary/aromatic N) is 4. The molecule has 0 fully saturated rings. The van der Waals surface area contributed by atoms with Gasteiger partial charge >= 0.3 is 0 Å². The summed E-state index contributed by atoms with van der Waals surface area (Å²) < 4.78 is 6.22. The number of benzene rings is 2. The molecule has 0 aliphatic carbocycles. The molecule has 0 atom stereocenters. The Bertz CT molecular complexity index is 1080. The number of anilines is 1.